The topological polar surface area (TPSA) is 35.6 Å². The van der Waals surface area contributed by atoms with E-state index < -0.39 is 0 Å². The van der Waals surface area contributed by atoms with E-state index >= 15 is 0 Å². The minimum Gasteiger partial charge on any atom is -0.324 e. The standard InChI is InChI=1S/C23H29N3OS/c1-2-18-28-22-11-7-6-10-21(22)24-23(27)19-26-16-14-25(15-17-26)13-12-20-8-4-3-5-9-20/h2-11H,1,12-19H2,(H,24,27). The lowest BCUT2D eigenvalue weighted by molar-refractivity contribution is -0.117. The summed E-state index contributed by atoms with van der Waals surface area (Å²) in [6, 6.07) is 18.6. The maximum atomic E-state index is 12.5. The Balaban J connectivity index is 1.41. The highest BCUT2D eigenvalue weighted by Gasteiger charge is 2.19. The van der Waals surface area contributed by atoms with E-state index in [9.17, 15) is 4.79 Å². The van der Waals surface area contributed by atoms with Gasteiger partial charge in [-0.25, -0.2) is 0 Å². The first-order valence-corrected chi connectivity index (χ1v) is 10.8. The zero-order valence-electron chi connectivity index (χ0n) is 16.3. The molecule has 148 valence electrons. The van der Waals surface area contributed by atoms with E-state index in [4.69, 9.17) is 0 Å². The molecule has 1 aliphatic heterocycles. The normalized spacial score (nSPS) is 15.3. The number of para-hydroxylation sites is 1. The molecule has 3 rings (SSSR count). The fraction of sp³-hybridized carbons (Fsp3) is 0.348. The van der Waals surface area contributed by atoms with Crippen LogP contribution >= 0.6 is 11.8 Å². The summed E-state index contributed by atoms with van der Waals surface area (Å²) in [6.07, 6.45) is 2.96. The molecule has 0 unspecified atom stereocenters. The van der Waals surface area contributed by atoms with Crippen LogP contribution in [0.3, 0.4) is 0 Å². The summed E-state index contributed by atoms with van der Waals surface area (Å²) in [5, 5.41) is 3.08. The number of thioether (sulfide) groups is 1. The molecule has 0 bridgehead atoms. The molecule has 0 aliphatic carbocycles. The average Bonchev–Trinajstić information content (AvgIpc) is 2.73. The maximum Gasteiger partial charge on any atom is 0.238 e. The summed E-state index contributed by atoms with van der Waals surface area (Å²) in [6.45, 7) is 9.21. The van der Waals surface area contributed by atoms with Gasteiger partial charge in [0, 0.05) is 43.4 Å². The molecule has 0 saturated carbocycles. The molecule has 1 heterocycles. The number of nitrogens with one attached hydrogen (secondary N) is 1. The molecule has 28 heavy (non-hydrogen) atoms. The van der Waals surface area contributed by atoms with Crippen LogP contribution in [0, 0.1) is 0 Å². The number of amides is 1. The minimum absolute atomic E-state index is 0.0596. The third-order valence-electron chi connectivity index (χ3n) is 4.91. The van der Waals surface area contributed by atoms with E-state index in [-0.39, 0.29) is 5.91 Å². The van der Waals surface area contributed by atoms with Gasteiger partial charge in [0.2, 0.25) is 5.91 Å². The smallest absolute Gasteiger partial charge is 0.238 e. The third-order valence-corrected chi connectivity index (χ3v) is 5.98. The number of hydrogen-bond acceptors (Lipinski definition) is 4. The Labute approximate surface area is 172 Å². The van der Waals surface area contributed by atoms with Crippen molar-refractivity contribution in [1.82, 2.24) is 9.80 Å². The molecular weight excluding hydrogens is 366 g/mol. The zero-order valence-corrected chi connectivity index (χ0v) is 17.2. The average molecular weight is 396 g/mol. The maximum absolute atomic E-state index is 12.5. The predicted molar refractivity (Wildman–Crippen MR) is 119 cm³/mol. The van der Waals surface area contributed by atoms with Gasteiger partial charge in [-0.3, -0.25) is 9.69 Å². The number of benzene rings is 2. The van der Waals surface area contributed by atoms with Crippen LogP contribution in [0.25, 0.3) is 0 Å². The SMILES string of the molecule is C=CCSc1ccccc1NC(=O)CN1CCN(CCc2ccccc2)CC1. The van der Waals surface area contributed by atoms with Crippen LogP contribution in [-0.4, -0.2) is 60.7 Å². The number of piperazine rings is 1. The van der Waals surface area contributed by atoms with Crippen molar-refractivity contribution in [3.63, 3.8) is 0 Å². The molecule has 1 amide bonds. The summed E-state index contributed by atoms with van der Waals surface area (Å²) in [5.41, 5.74) is 2.28. The molecule has 1 saturated heterocycles. The Morgan fingerprint density at radius 2 is 1.68 bits per heavy atom. The van der Waals surface area contributed by atoms with Gasteiger partial charge in [0.1, 0.15) is 0 Å². The van der Waals surface area contributed by atoms with Gasteiger partial charge < -0.3 is 10.2 Å². The minimum atomic E-state index is 0.0596. The lowest BCUT2D eigenvalue weighted by Gasteiger charge is -2.34. The highest BCUT2D eigenvalue weighted by Crippen LogP contribution is 2.26. The second kappa shape index (κ2) is 11.1. The molecule has 0 atom stereocenters. The van der Waals surface area contributed by atoms with E-state index in [1.165, 1.54) is 5.56 Å². The number of rotatable bonds is 9. The lowest BCUT2D eigenvalue weighted by Crippen LogP contribution is -2.49. The van der Waals surface area contributed by atoms with Gasteiger partial charge in [-0.15, -0.1) is 18.3 Å². The summed E-state index contributed by atoms with van der Waals surface area (Å²) in [5.74, 6) is 0.891. The van der Waals surface area contributed by atoms with Gasteiger partial charge in [-0.2, -0.15) is 0 Å². The van der Waals surface area contributed by atoms with Crippen LogP contribution in [0.1, 0.15) is 5.56 Å². The lowest BCUT2D eigenvalue weighted by atomic mass is 10.1. The van der Waals surface area contributed by atoms with Gasteiger partial charge in [0.25, 0.3) is 0 Å². The van der Waals surface area contributed by atoms with Crippen LogP contribution in [0.4, 0.5) is 5.69 Å². The molecule has 1 N–H and O–H groups in total. The van der Waals surface area contributed by atoms with Gasteiger partial charge in [0.15, 0.2) is 0 Å². The van der Waals surface area contributed by atoms with Gasteiger partial charge in [0.05, 0.1) is 12.2 Å². The quantitative estimate of drug-likeness (QED) is 0.518. The Bertz CT molecular complexity index is 757. The third kappa shape index (κ3) is 6.51. The first-order valence-electron chi connectivity index (χ1n) is 9.86. The summed E-state index contributed by atoms with van der Waals surface area (Å²) in [4.78, 5) is 18.3. The van der Waals surface area contributed by atoms with Crippen LogP contribution in [0.2, 0.25) is 0 Å². The molecule has 2 aromatic carbocycles. The Kier molecular flexibility index (Phi) is 8.15. The Hall–Kier alpha value is -2.08. The molecule has 0 radical (unpaired) electrons. The summed E-state index contributed by atoms with van der Waals surface area (Å²) in [7, 11) is 0. The number of nitrogens with zero attached hydrogens (tertiary/aromatic N) is 2. The monoisotopic (exact) mass is 395 g/mol. The zero-order chi connectivity index (χ0) is 19.6. The van der Waals surface area contributed by atoms with E-state index in [2.05, 4.69) is 52.0 Å². The summed E-state index contributed by atoms with van der Waals surface area (Å²) >= 11 is 1.69. The van der Waals surface area contributed by atoms with Crippen molar-refractivity contribution in [3.05, 3.63) is 72.8 Å². The van der Waals surface area contributed by atoms with Gasteiger partial charge >= 0.3 is 0 Å². The highest BCUT2D eigenvalue weighted by molar-refractivity contribution is 7.99. The van der Waals surface area contributed by atoms with E-state index in [1.54, 1.807) is 11.8 Å². The largest absolute Gasteiger partial charge is 0.324 e. The molecule has 0 aromatic heterocycles. The predicted octanol–water partition coefficient (Wildman–Crippen LogP) is 3.76. The first-order chi connectivity index (χ1) is 13.7. The fourth-order valence-electron chi connectivity index (χ4n) is 3.34. The number of carbonyl (C=O) groups excluding carboxylic acids is 1. The van der Waals surface area contributed by atoms with Crippen LogP contribution in [-0.2, 0) is 11.2 Å². The molecule has 5 heteroatoms. The van der Waals surface area contributed by atoms with Crippen molar-refractivity contribution >= 4 is 23.4 Å². The van der Waals surface area contributed by atoms with E-state index in [0.717, 1.165) is 55.5 Å². The number of anilines is 1. The van der Waals surface area contributed by atoms with Crippen LogP contribution < -0.4 is 5.32 Å². The van der Waals surface area contributed by atoms with Crippen molar-refractivity contribution in [1.29, 1.82) is 0 Å². The Morgan fingerprint density at radius 3 is 2.43 bits per heavy atom. The summed E-state index contributed by atoms with van der Waals surface area (Å²) < 4.78 is 0. The van der Waals surface area contributed by atoms with Crippen molar-refractivity contribution < 1.29 is 4.79 Å². The van der Waals surface area contributed by atoms with Crippen molar-refractivity contribution in [2.75, 3.05) is 50.3 Å². The molecule has 1 aliphatic rings. The second-order valence-electron chi connectivity index (χ2n) is 7.00. The molecule has 4 nitrogen and oxygen atoms in total. The van der Waals surface area contributed by atoms with Crippen molar-refractivity contribution in [3.8, 4) is 0 Å². The number of carbonyl (C=O) groups is 1. The first kappa shape index (κ1) is 20.6. The highest BCUT2D eigenvalue weighted by atomic mass is 32.2. The molecule has 0 spiro atoms. The van der Waals surface area contributed by atoms with Gasteiger partial charge in [-0.05, 0) is 24.1 Å². The van der Waals surface area contributed by atoms with Crippen molar-refractivity contribution in [2.24, 2.45) is 0 Å². The van der Waals surface area contributed by atoms with Crippen LogP contribution in [0.15, 0.2) is 72.1 Å². The van der Waals surface area contributed by atoms with E-state index in [0.29, 0.717) is 6.54 Å². The number of hydrogen-bond donors (Lipinski definition) is 1. The Morgan fingerprint density at radius 1 is 1.00 bits per heavy atom. The fourth-order valence-corrected chi connectivity index (χ4v) is 4.09. The van der Waals surface area contributed by atoms with Crippen LogP contribution in [0.5, 0.6) is 0 Å². The van der Waals surface area contributed by atoms with E-state index in [1.807, 2.05) is 30.3 Å². The van der Waals surface area contributed by atoms with Gasteiger partial charge in [-0.1, -0.05) is 48.5 Å². The second-order valence-corrected chi connectivity index (χ2v) is 8.06. The van der Waals surface area contributed by atoms with Crippen molar-refractivity contribution in [2.45, 2.75) is 11.3 Å². The molecular formula is C23H29N3OS. The molecule has 1 fully saturated rings. The molecule has 2 aromatic rings.